The van der Waals surface area contributed by atoms with E-state index in [0.29, 0.717) is 6.54 Å². The van der Waals surface area contributed by atoms with Gasteiger partial charge in [-0.3, -0.25) is 0 Å². The van der Waals surface area contributed by atoms with Gasteiger partial charge in [0.2, 0.25) is 10.0 Å². The number of nitrogens with zero attached hydrogens (tertiary/aromatic N) is 2. The number of hydrogen-bond donors (Lipinski definition) is 1. The molecule has 0 aliphatic carbocycles. The minimum atomic E-state index is -3.34. The molecule has 1 unspecified atom stereocenters. The summed E-state index contributed by atoms with van der Waals surface area (Å²) >= 11 is 4.67. The standard InChI is InChI=1S/C9H19N3O2S2/c1-8-6-11(2)4-3-5-12(8)16(13,14)7-9(10)15/h8H,3-7H2,1-2H3,(H2,10,15). The molecule has 0 saturated carbocycles. The smallest absolute Gasteiger partial charge is 0.220 e. The minimum Gasteiger partial charge on any atom is -0.392 e. The zero-order chi connectivity index (χ0) is 12.3. The van der Waals surface area contributed by atoms with Gasteiger partial charge < -0.3 is 10.6 Å². The normalized spacial score (nSPS) is 25.2. The predicted molar refractivity (Wildman–Crippen MR) is 68.9 cm³/mol. The molecular weight excluding hydrogens is 246 g/mol. The van der Waals surface area contributed by atoms with Crippen LogP contribution in [-0.2, 0) is 10.0 Å². The van der Waals surface area contributed by atoms with Crippen molar-refractivity contribution in [3.8, 4) is 0 Å². The lowest BCUT2D eigenvalue weighted by molar-refractivity contribution is 0.291. The highest BCUT2D eigenvalue weighted by atomic mass is 32.2. The van der Waals surface area contributed by atoms with E-state index in [1.807, 2.05) is 14.0 Å². The Balaban J connectivity index is 2.81. The molecule has 0 amide bonds. The third-order valence-corrected chi connectivity index (χ3v) is 4.93. The molecule has 1 heterocycles. The Kier molecular flexibility index (Phi) is 4.66. The predicted octanol–water partition coefficient (Wildman–Crippen LogP) is -0.372. The van der Waals surface area contributed by atoms with Gasteiger partial charge in [-0.15, -0.1) is 0 Å². The first kappa shape index (κ1) is 13.8. The Bertz CT molecular complexity index is 356. The van der Waals surface area contributed by atoms with Crippen molar-refractivity contribution in [3.63, 3.8) is 0 Å². The van der Waals surface area contributed by atoms with E-state index < -0.39 is 10.0 Å². The average molecular weight is 265 g/mol. The number of likely N-dealkylation sites (N-methyl/N-ethyl adjacent to an activating group) is 1. The van der Waals surface area contributed by atoms with Crippen molar-refractivity contribution in [2.24, 2.45) is 5.73 Å². The average Bonchev–Trinajstić information content (AvgIpc) is 2.24. The van der Waals surface area contributed by atoms with E-state index in [4.69, 9.17) is 5.73 Å². The van der Waals surface area contributed by atoms with Gasteiger partial charge >= 0.3 is 0 Å². The van der Waals surface area contributed by atoms with E-state index in [-0.39, 0.29) is 16.8 Å². The molecule has 0 spiro atoms. The van der Waals surface area contributed by atoms with E-state index in [1.54, 1.807) is 0 Å². The fourth-order valence-electron chi connectivity index (χ4n) is 2.03. The fraction of sp³-hybridized carbons (Fsp3) is 0.889. The first-order chi connectivity index (χ1) is 7.33. The van der Waals surface area contributed by atoms with Crippen LogP contribution in [-0.4, -0.2) is 61.1 Å². The fourth-order valence-corrected chi connectivity index (χ4v) is 4.02. The summed E-state index contributed by atoms with van der Waals surface area (Å²) in [5.41, 5.74) is 5.31. The molecule has 0 radical (unpaired) electrons. The number of rotatable bonds is 3. The van der Waals surface area contributed by atoms with Gasteiger partial charge in [-0.25, -0.2) is 8.42 Å². The number of hydrogen-bond acceptors (Lipinski definition) is 4. The van der Waals surface area contributed by atoms with Gasteiger partial charge in [0.25, 0.3) is 0 Å². The minimum absolute atomic E-state index is 0.0214. The van der Waals surface area contributed by atoms with Gasteiger partial charge in [-0.2, -0.15) is 4.31 Å². The van der Waals surface area contributed by atoms with Gasteiger partial charge in [-0.1, -0.05) is 12.2 Å². The Morgan fingerprint density at radius 2 is 2.12 bits per heavy atom. The molecule has 1 aliphatic heterocycles. The lowest BCUT2D eigenvalue weighted by Crippen LogP contribution is -2.44. The molecule has 5 nitrogen and oxygen atoms in total. The van der Waals surface area contributed by atoms with Crippen molar-refractivity contribution in [1.29, 1.82) is 0 Å². The van der Waals surface area contributed by atoms with Crippen LogP contribution in [0.3, 0.4) is 0 Å². The van der Waals surface area contributed by atoms with Crippen molar-refractivity contribution in [2.45, 2.75) is 19.4 Å². The Morgan fingerprint density at radius 1 is 1.50 bits per heavy atom. The molecular formula is C9H19N3O2S2. The van der Waals surface area contributed by atoms with Crippen LogP contribution < -0.4 is 5.73 Å². The number of sulfonamides is 1. The first-order valence-electron chi connectivity index (χ1n) is 5.29. The third-order valence-electron chi connectivity index (χ3n) is 2.67. The summed E-state index contributed by atoms with van der Waals surface area (Å²) in [5.74, 6) is -0.226. The topological polar surface area (TPSA) is 66.6 Å². The third kappa shape index (κ3) is 3.65. The van der Waals surface area contributed by atoms with E-state index >= 15 is 0 Å². The van der Waals surface area contributed by atoms with E-state index in [2.05, 4.69) is 17.1 Å². The van der Waals surface area contributed by atoms with Crippen molar-refractivity contribution in [2.75, 3.05) is 32.4 Å². The number of thiocarbonyl (C=S) groups is 1. The second-order valence-electron chi connectivity index (χ2n) is 4.30. The van der Waals surface area contributed by atoms with Gasteiger partial charge in [0.15, 0.2) is 0 Å². The summed E-state index contributed by atoms with van der Waals surface area (Å²) < 4.78 is 25.5. The molecule has 1 aliphatic rings. The highest BCUT2D eigenvalue weighted by Crippen LogP contribution is 2.13. The largest absolute Gasteiger partial charge is 0.392 e. The van der Waals surface area contributed by atoms with E-state index in [9.17, 15) is 8.42 Å². The maximum absolute atomic E-state index is 12.0. The highest BCUT2D eigenvalue weighted by molar-refractivity contribution is 7.92. The molecule has 94 valence electrons. The first-order valence-corrected chi connectivity index (χ1v) is 7.31. The summed E-state index contributed by atoms with van der Waals surface area (Å²) in [7, 11) is -1.34. The second-order valence-corrected chi connectivity index (χ2v) is 6.74. The summed E-state index contributed by atoms with van der Waals surface area (Å²) in [6.45, 7) is 4.13. The van der Waals surface area contributed by atoms with Crippen molar-refractivity contribution in [3.05, 3.63) is 0 Å². The van der Waals surface area contributed by atoms with Crippen molar-refractivity contribution < 1.29 is 8.42 Å². The monoisotopic (exact) mass is 265 g/mol. The van der Waals surface area contributed by atoms with Crippen LogP contribution in [0.2, 0.25) is 0 Å². The Labute approximate surface area is 103 Å². The van der Waals surface area contributed by atoms with Gasteiger partial charge in [0, 0.05) is 19.1 Å². The molecule has 0 aromatic heterocycles. The quantitative estimate of drug-likeness (QED) is 0.705. The Morgan fingerprint density at radius 3 is 2.69 bits per heavy atom. The van der Waals surface area contributed by atoms with Crippen LogP contribution in [0, 0.1) is 0 Å². The SMILES string of the molecule is CC1CN(C)CCCN1S(=O)(=O)CC(N)=S. The van der Waals surface area contributed by atoms with Crippen molar-refractivity contribution in [1.82, 2.24) is 9.21 Å². The van der Waals surface area contributed by atoms with Crippen LogP contribution in [0.4, 0.5) is 0 Å². The van der Waals surface area contributed by atoms with Crippen molar-refractivity contribution >= 4 is 27.2 Å². The Hall–Kier alpha value is -0.240. The van der Waals surface area contributed by atoms with Gasteiger partial charge in [0.1, 0.15) is 5.75 Å². The molecule has 1 atom stereocenters. The van der Waals surface area contributed by atoms with Gasteiger partial charge in [-0.05, 0) is 26.9 Å². The summed E-state index contributed by atoms with van der Waals surface area (Å²) in [5, 5.41) is 0. The molecule has 1 saturated heterocycles. The van der Waals surface area contributed by atoms with Crippen LogP contribution >= 0.6 is 12.2 Å². The zero-order valence-corrected chi connectivity index (χ0v) is 11.4. The van der Waals surface area contributed by atoms with Crippen LogP contribution in [0.1, 0.15) is 13.3 Å². The summed E-state index contributed by atoms with van der Waals surface area (Å²) in [6.07, 6.45) is 0.845. The molecule has 0 aromatic carbocycles. The van der Waals surface area contributed by atoms with E-state index in [1.165, 1.54) is 4.31 Å². The zero-order valence-electron chi connectivity index (χ0n) is 9.72. The highest BCUT2D eigenvalue weighted by Gasteiger charge is 2.29. The molecule has 0 aromatic rings. The van der Waals surface area contributed by atoms with E-state index in [0.717, 1.165) is 19.5 Å². The van der Waals surface area contributed by atoms with Crippen LogP contribution in [0.15, 0.2) is 0 Å². The summed E-state index contributed by atoms with van der Waals surface area (Å²) in [4.78, 5) is 2.17. The second kappa shape index (κ2) is 5.39. The number of nitrogens with two attached hydrogens (primary N) is 1. The molecule has 2 N–H and O–H groups in total. The molecule has 7 heteroatoms. The maximum Gasteiger partial charge on any atom is 0.220 e. The van der Waals surface area contributed by atoms with Crippen LogP contribution in [0.5, 0.6) is 0 Å². The summed E-state index contributed by atoms with van der Waals surface area (Å²) in [6, 6.07) is -0.0214. The lowest BCUT2D eigenvalue weighted by Gasteiger charge is -2.26. The lowest BCUT2D eigenvalue weighted by atomic mass is 10.3. The molecule has 16 heavy (non-hydrogen) atoms. The molecule has 1 rings (SSSR count). The maximum atomic E-state index is 12.0. The van der Waals surface area contributed by atoms with Crippen LogP contribution in [0.25, 0.3) is 0 Å². The molecule has 0 bridgehead atoms. The van der Waals surface area contributed by atoms with Gasteiger partial charge in [0.05, 0.1) is 4.99 Å². The molecule has 1 fully saturated rings.